The smallest absolute Gasteiger partial charge is 0.0454 e. The van der Waals surface area contributed by atoms with Gasteiger partial charge in [-0.1, -0.05) is 30.2 Å². The fourth-order valence-electron chi connectivity index (χ4n) is 3.19. The molecule has 0 spiro atoms. The van der Waals surface area contributed by atoms with Gasteiger partial charge in [-0.2, -0.15) is 0 Å². The van der Waals surface area contributed by atoms with Crippen molar-refractivity contribution in [2.24, 2.45) is 5.73 Å². The van der Waals surface area contributed by atoms with Crippen LogP contribution >= 0.6 is 11.6 Å². The summed E-state index contributed by atoms with van der Waals surface area (Å²) in [6.07, 6.45) is 7.44. The van der Waals surface area contributed by atoms with E-state index >= 15 is 0 Å². The Hall–Kier alpha value is -0.570. The largest absolute Gasteiger partial charge is 0.321 e. The summed E-state index contributed by atoms with van der Waals surface area (Å²) in [5.74, 6) is 0. The van der Waals surface area contributed by atoms with Crippen molar-refractivity contribution in [1.82, 2.24) is 4.90 Å². The normalized spacial score (nSPS) is 23.1. The van der Waals surface area contributed by atoms with Crippen LogP contribution in [0.4, 0.5) is 0 Å². The van der Waals surface area contributed by atoms with E-state index in [1.54, 1.807) is 0 Å². The highest BCUT2D eigenvalue weighted by molar-refractivity contribution is 6.31. The van der Waals surface area contributed by atoms with Gasteiger partial charge in [-0.05, 0) is 62.4 Å². The molecule has 2 N–H and O–H groups in total. The number of nitrogens with two attached hydrogens (primary N) is 1. The SMILES string of the molecule is NC1(c2ccc(CN3CCCCC3)c(Cl)c2)CCC1. The van der Waals surface area contributed by atoms with E-state index in [0.717, 1.165) is 24.4 Å². The van der Waals surface area contributed by atoms with Crippen molar-refractivity contribution < 1.29 is 0 Å². The van der Waals surface area contributed by atoms with Gasteiger partial charge in [-0.25, -0.2) is 0 Å². The lowest BCUT2D eigenvalue weighted by atomic mass is 9.72. The van der Waals surface area contributed by atoms with E-state index in [1.807, 2.05) is 0 Å². The van der Waals surface area contributed by atoms with E-state index in [2.05, 4.69) is 23.1 Å². The number of benzene rings is 1. The van der Waals surface area contributed by atoms with Gasteiger partial charge in [0.1, 0.15) is 0 Å². The number of piperidine rings is 1. The molecule has 1 aromatic carbocycles. The zero-order valence-corrected chi connectivity index (χ0v) is 12.3. The predicted octanol–water partition coefficient (Wildman–Crippen LogP) is 3.66. The Bertz CT molecular complexity index is 448. The molecule has 1 aliphatic heterocycles. The highest BCUT2D eigenvalue weighted by Crippen LogP contribution is 2.39. The van der Waals surface area contributed by atoms with Crippen molar-refractivity contribution in [3.05, 3.63) is 34.3 Å². The predicted molar refractivity (Wildman–Crippen MR) is 80.3 cm³/mol. The molecular weight excluding hydrogens is 256 g/mol. The van der Waals surface area contributed by atoms with Gasteiger partial charge in [0, 0.05) is 17.1 Å². The van der Waals surface area contributed by atoms with E-state index in [-0.39, 0.29) is 5.54 Å². The molecule has 0 aromatic heterocycles. The summed E-state index contributed by atoms with van der Waals surface area (Å²) in [4.78, 5) is 2.51. The Labute approximate surface area is 120 Å². The van der Waals surface area contributed by atoms with Gasteiger partial charge in [-0.3, -0.25) is 4.90 Å². The van der Waals surface area contributed by atoms with Crippen molar-refractivity contribution in [2.75, 3.05) is 13.1 Å². The third-order valence-electron chi connectivity index (χ3n) is 4.72. The van der Waals surface area contributed by atoms with E-state index in [0.29, 0.717) is 0 Å². The van der Waals surface area contributed by atoms with Crippen LogP contribution in [0.15, 0.2) is 18.2 Å². The average molecular weight is 279 g/mol. The number of hydrogen-bond donors (Lipinski definition) is 1. The van der Waals surface area contributed by atoms with Crippen LogP contribution in [-0.2, 0) is 12.1 Å². The van der Waals surface area contributed by atoms with Crippen molar-refractivity contribution in [2.45, 2.75) is 50.6 Å². The molecule has 104 valence electrons. The molecule has 1 aliphatic carbocycles. The Kier molecular flexibility index (Phi) is 3.84. The molecule has 1 aromatic rings. The van der Waals surface area contributed by atoms with Crippen LogP contribution in [0.2, 0.25) is 5.02 Å². The van der Waals surface area contributed by atoms with Gasteiger partial charge in [0.2, 0.25) is 0 Å². The molecule has 0 radical (unpaired) electrons. The van der Waals surface area contributed by atoms with Crippen LogP contribution in [0.5, 0.6) is 0 Å². The summed E-state index contributed by atoms with van der Waals surface area (Å²) in [5.41, 5.74) is 8.71. The summed E-state index contributed by atoms with van der Waals surface area (Å²) < 4.78 is 0. The molecule has 1 saturated carbocycles. The summed E-state index contributed by atoms with van der Waals surface area (Å²) in [6, 6.07) is 6.46. The van der Waals surface area contributed by atoms with Crippen LogP contribution in [0, 0.1) is 0 Å². The lowest BCUT2D eigenvalue weighted by molar-refractivity contribution is 0.220. The molecule has 0 unspecified atom stereocenters. The Balaban J connectivity index is 1.72. The quantitative estimate of drug-likeness (QED) is 0.914. The standard InChI is InChI=1S/C16H23ClN2/c17-15-11-14(16(18)7-4-8-16)6-5-13(15)12-19-9-2-1-3-10-19/h5-6,11H,1-4,7-10,12,18H2. The summed E-state index contributed by atoms with van der Waals surface area (Å²) in [5, 5.41) is 0.889. The van der Waals surface area contributed by atoms with Gasteiger partial charge in [-0.15, -0.1) is 0 Å². The van der Waals surface area contributed by atoms with E-state index in [9.17, 15) is 0 Å². The maximum atomic E-state index is 6.45. The van der Waals surface area contributed by atoms with Crippen LogP contribution in [0.25, 0.3) is 0 Å². The Morgan fingerprint density at radius 2 is 1.84 bits per heavy atom. The maximum absolute atomic E-state index is 6.45. The minimum Gasteiger partial charge on any atom is -0.321 e. The second kappa shape index (κ2) is 5.43. The minimum absolute atomic E-state index is 0.104. The Morgan fingerprint density at radius 1 is 1.11 bits per heavy atom. The summed E-state index contributed by atoms with van der Waals surface area (Å²) in [7, 11) is 0. The zero-order chi connectivity index (χ0) is 13.3. The molecule has 1 heterocycles. The van der Waals surface area contributed by atoms with E-state index in [1.165, 1.54) is 49.9 Å². The molecule has 2 nitrogen and oxygen atoms in total. The average Bonchev–Trinajstić information content (AvgIpc) is 2.39. The van der Waals surface area contributed by atoms with Crippen molar-refractivity contribution in [3.8, 4) is 0 Å². The first-order valence-electron chi connectivity index (χ1n) is 7.48. The third kappa shape index (κ3) is 2.81. The molecule has 2 aliphatic rings. The van der Waals surface area contributed by atoms with Crippen LogP contribution in [0.1, 0.15) is 49.7 Å². The van der Waals surface area contributed by atoms with Crippen molar-refractivity contribution >= 4 is 11.6 Å². The molecule has 1 saturated heterocycles. The third-order valence-corrected chi connectivity index (χ3v) is 5.07. The maximum Gasteiger partial charge on any atom is 0.0454 e. The van der Waals surface area contributed by atoms with E-state index in [4.69, 9.17) is 17.3 Å². The number of halogens is 1. The summed E-state index contributed by atoms with van der Waals surface area (Å²) >= 11 is 6.45. The van der Waals surface area contributed by atoms with Gasteiger partial charge in [0.05, 0.1) is 0 Å². The highest BCUT2D eigenvalue weighted by atomic mass is 35.5. The topological polar surface area (TPSA) is 29.3 Å². The zero-order valence-electron chi connectivity index (χ0n) is 11.5. The molecule has 0 atom stereocenters. The molecule has 3 heteroatoms. The van der Waals surface area contributed by atoms with Crippen LogP contribution in [0.3, 0.4) is 0 Å². The van der Waals surface area contributed by atoms with Gasteiger partial charge >= 0.3 is 0 Å². The van der Waals surface area contributed by atoms with Gasteiger partial charge in [0.25, 0.3) is 0 Å². The molecule has 19 heavy (non-hydrogen) atoms. The Morgan fingerprint density at radius 3 is 2.42 bits per heavy atom. The van der Waals surface area contributed by atoms with Crippen molar-refractivity contribution in [1.29, 1.82) is 0 Å². The molecule has 0 amide bonds. The lowest BCUT2D eigenvalue weighted by Gasteiger charge is -2.39. The fraction of sp³-hybridized carbons (Fsp3) is 0.625. The van der Waals surface area contributed by atoms with Gasteiger partial charge in [0.15, 0.2) is 0 Å². The number of rotatable bonds is 3. The van der Waals surface area contributed by atoms with Crippen LogP contribution < -0.4 is 5.73 Å². The van der Waals surface area contributed by atoms with E-state index < -0.39 is 0 Å². The molecular formula is C16H23ClN2. The number of hydrogen-bond acceptors (Lipinski definition) is 2. The first-order chi connectivity index (χ1) is 9.17. The molecule has 3 rings (SSSR count). The number of likely N-dealkylation sites (tertiary alicyclic amines) is 1. The first-order valence-corrected chi connectivity index (χ1v) is 7.85. The first kappa shape index (κ1) is 13.4. The lowest BCUT2D eigenvalue weighted by Crippen LogP contribution is -2.43. The van der Waals surface area contributed by atoms with Gasteiger partial charge < -0.3 is 5.73 Å². The van der Waals surface area contributed by atoms with Crippen molar-refractivity contribution in [3.63, 3.8) is 0 Å². The summed E-state index contributed by atoms with van der Waals surface area (Å²) in [6.45, 7) is 3.40. The monoisotopic (exact) mass is 278 g/mol. The highest BCUT2D eigenvalue weighted by Gasteiger charge is 2.34. The van der Waals surface area contributed by atoms with Crippen LogP contribution in [-0.4, -0.2) is 18.0 Å². The molecule has 0 bridgehead atoms. The molecule has 2 fully saturated rings. The second-order valence-corrected chi connectivity index (χ2v) is 6.56. The minimum atomic E-state index is -0.104. The fourth-order valence-corrected chi connectivity index (χ4v) is 3.43. The number of nitrogens with zero attached hydrogens (tertiary/aromatic N) is 1. The second-order valence-electron chi connectivity index (χ2n) is 6.15.